The van der Waals surface area contributed by atoms with E-state index in [9.17, 15) is 9.59 Å². The van der Waals surface area contributed by atoms with Crippen LogP contribution in [0.2, 0.25) is 5.02 Å². The Labute approximate surface area is 163 Å². The van der Waals surface area contributed by atoms with E-state index < -0.39 is 5.97 Å². The summed E-state index contributed by atoms with van der Waals surface area (Å²) in [6, 6.07) is 7.15. The molecule has 0 atom stereocenters. The van der Waals surface area contributed by atoms with Crippen LogP contribution in [0.5, 0.6) is 0 Å². The topological polar surface area (TPSA) is 76.5 Å². The molecule has 0 saturated heterocycles. The molecule has 2 heterocycles. The maximum absolute atomic E-state index is 12.4. The van der Waals surface area contributed by atoms with E-state index in [1.165, 1.54) is 0 Å². The molecule has 2 amide bonds. The summed E-state index contributed by atoms with van der Waals surface area (Å²) in [6.45, 7) is 6.70. The molecule has 144 valence electrons. The Kier molecular flexibility index (Phi) is 5.70. The van der Waals surface area contributed by atoms with Gasteiger partial charge in [-0.05, 0) is 45.0 Å². The van der Waals surface area contributed by atoms with Crippen molar-refractivity contribution in [2.75, 3.05) is 13.2 Å². The first-order chi connectivity index (χ1) is 12.9. The Hall–Kier alpha value is -2.54. The first kappa shape index (κ1) is 19.2. The van der Waals surface area contributed by atoms with Crippen LogP contribution in [0.4, 0.5) is 4.79 Å². The zero-order valence-electron chi connectivity index (χ0n) is 15.7. The molecule has 1 aliphatic rings. The number of hydrogen-bond donors (Lipinski definition) is 1. The number of esters is 1. The number of carbonyl (C=O) groups is 2. The lowest BCUT2D eigenvalue weighted by molar-refractivity contribution is 0.0516. The first-order valence-corrected chi connectivity index (χ1v) is 9.37. The Morgan fingerprint density at radius 1 is 1.30 bits per heavy atom. The fraction of sp³-hybridized carbons (Fsp3) is 0.421. The van der Waals surface area contributed by atoms with Crippen molar-refractivity contribution in [2.45, 2.75) is 39.8 Å². The highest BCUT2D eigenvalue weighted by atomic mass is 35.5. The number of benzene rings is 1. The van der Waals surface area contributed by atoms with Crippen LogP contribution in [0.25, 0.3) is 5.69 Å². The normalized spacial score (nSPS) is 13.4. The van der Waals surface area contributed by atoms with Gasteiger partial charge in [0.25, 0.3) is 0 Å². The molecule has 7 nitrogen and oxygen atoms in total. The summed E-state index contributed by atoms with van der Waals surface area (Å²) in [4.78, 5) is 26.5. The molecule has 3 rings (SSSR count). The van der Waals surface area contributed by atoms with E-state index in [4.69, 9.17) is 16.3 Å². The van der Waals surface area contributed by atoms with Crippen LogP contribution < -0.4 is 5.32 Å². The average molecular weight is 391 g/mol. The van der Waals surface area contributed by atoms with E-state index in [1.54, 1.807) is 28.6 Å². The van der Waals surface area contributed by atoms with Gasteiger partial charge in [0.1, 0.15) is 0 Å². The molecule has 0 unspecified atom stereocenters. The molecule has 1 N–H and O–H groups in total. The molecule has 1 aromatic heterocycles. The monoisotopic (exact) mass is 390 g/mol. The van der Waals surface area contributed by atoms with Crippen LogP contribution in [0.15, 0.2) is 24.3 Å². The van der Waals surface area contributed by atoms with E-state index in [2.05, 4.69) is 10.4 Å². The van der Waals surface area contributed by atoms with Gasteiger partial charge in [-0.3, -0.25) is 0 Å². The van der Waals surface area contributed by atoms with Crippen LogP contribution in [0, 0.1) is 0 Å². The summed E-state index contributed by atoms with van der Waals surface area (Å²) in [5.74, 6) is -0.479. The van der Waals surface area contributed by atoms with Gasteiger partial charge in [-0.25, -0.2) is 14.3 Å². The number of fused-ring (bicyclic) bond motifs is 1. The minimum absolute atomic E-state index is 0.0419. The second kappa shape index (κ2) is 8.00. The van der Waals surface area contributed by atoms with Gasteiger partial charge in [-0.15, -0.1) is 0 Å². The highest BCUT2D eigenvalue weighted by Crippen LogP contribution is 2.26. The molecule has 0 bridgehead atoms. The van der Waals surface area contributed by atoms with Crippen molar-refractivity contribution >= 4 is 23.6 Å². The van der Waals surface area contributed by atoms with Gasteiger partial charge in [0.2, 0.25) is 0 Å². The van der Waals surface area contributed by atoms with Crippen LogP contribution in [-0.4, -0.2) is 45.9 Å². The minimum Gasteiger partial charge on any atom is -0.461 e. The molecule has 27 heavy (non-hydrogen) atoms. The van der Waals surface area contributed by atoms with E-state index >= 15 is 0 Å². The third-order valence-corrected chi connectivity index (χ3v) is 4.55. The quantitative estimate of drug-likeness (QED) is 0.813. The van der Waals surface area contributed by atoms with E-state index in [1.807, 2.05) is 26.0 Å². The average Bonchev–Trinajstić information content (AvgIpc) is 3.01. The Morgan fingerprint density at radius 3 is 2.63 bits per heavy atom. The van der Waals surface area contributed by atoms with Gasteiger partial charge in [0.15, 0.2) is 5.69 Å². The lowest BCUT2D eigenvalue weighted by Crippen LogP contribution is -2.45. The number of nitrogens with zero attached hydrogens (tertiary/aromatic N) is 3. The van der Waals surface area contributed by atoms with Crippen LogP contribution in [0.3, 0.4) is 0 Å². The smallest absolute Gasteiger partial charge is 0.359 e. The standard InChI is InChI=1S/C19H23ClN4O3/c1-4-27-18(25)17-15-11-23(19(26)21-12(2)3)10-9-16(15)24(22-17)14-7-5-13(20)6-8-14/h5-8,12H,4,9-11H2,1-3H3,(H,21,26). The zero-order valence-corrected chi connectivity index (χ0v) is 16.4. The second-order valence-corrected chi connectivity index (χ2v) is 7.09. The number of hydrogen-bond acceptors (Lipinski definition) is 4. The van der Waals surface area contributed by atoms with Gasteiger partial charge < -0.3 is 15.0 Å². The molecular formula is C19H23ClN4O3. The maximum Gasteiger partial charge on any atom is 0.359 e. The Balaban J connectivity index is 1.99. The maximum atomic E-state index is 12.4. The number of amides is 2. The lowest BCUT2D eigenvalue weighted by atomic mass is 10.0. The van der Waals surface area contributed by atoms with Gasteiger partial charge in [0.05, 0.1) is 24.5 Å². The minimum atomic E-state index is -0.479. The van der Waals surface area contributed by atoms with Gasteiger partial charge in [-0.2, -0.15) is 5.10 Å². The van der Waals surface area contributed by atoms with Crippen molar-refractivity contribution in [3.8, 4) is 5.69 Å². The van der Waals surface area contributed by atoms with Crippen molar-refractivity contribution in [2.24, 2.45) is 0 Å². The van der Waals surface area contributed by atoms with Crippen LogP contribution in [0.1, 0.15) is 42.5 Å². The Morgan fingerprint density at radius 2 is 2.00 bits per heavy atom. The van der Waals surface area contributed by atoms with Crippen molar-refractivity contribution in [1.82, 2.24) is 20.0 Å². The van der Waals surface area contributed by atoms with E-state index in [-0.39, 0.29) is 24.4 Å². The van der Waals surface area contributed by atoms with Gasteiger partial charge >= 0.3 is 12.0 Å². The highest BCUT2D eigenvalue weighted by Gasteiger charge is 2.31. The third-order valence-electron chi connectivity index (χ3n) is 4.30. The lowest BCUT2D eigenvalue weighted by Gasteiger charge is -2.28. The number of aromatic nitrogens is 2. The largest absolute Gasteiger partial charge is 0.461 e. The summed E-state index contributed by atoms with van der Waals surface area (Å²) in [5, 5.41) is 8.02. The van der Waals surface area contributed by atoms with E-state index in [0.717, 1.165) is 16.9 Å². The predicted octanol–water partition coefficient (Wildman–Crippen LogP) is 3.18. The second-order valence-electron chi connectivity index (χ2n) is 6.66. The number of urea groups is 1. The van der Waals surface area contributed by atoms with Crippen molar-refractivity contribution in [3.05, 3.63) is 46.2 Å². The predicted molar refractivity (Wildman–Crippen MR) is 102 cm³/mol. The molecule has 1 aliphatic heterocycles. The summed E-state index contributed by atoms with van der Waals surface area (Å²) in [6.07, 6.45) is 0.593. The molecule has 0 spiro atoms. The number of rotatable bonds is 4. The number of nitrogens with one attached hydrogen (secondary N) is 1. The van der Waals surface area contributed by atoms with Gasteiger partial charge in [-0.1, -0.05) is 11.6 Å². The first-order valence-electron chi connectivity index (χ1n) is 9.00. The molecule has 1 aromatic carbocycles. The summed E-state index contributed by atoms with van der Waals surface area (Å²) in [5.41, 5.74) is 2.71. The van der Waals surface area contributed by atoms with E-state index in [0.29, 0.717) is 24.5 Å². The molecule has 0 radical (unpaired) electrons. The molecule has 8 heteroatoms. The fourth-order valence-corrected chi connectivity index (χ4v) is 3.22. The van der Waals surface area contributed by atoms with Crippen molar-refractivity contribution in [3.63, 3.8) is 0 Å². The summed E-state index contributed by atoms with van der Waals surface area (Å²) in [7, 11) is 0. The van der Waals surface area contributed by atoms with Gasteiger partial charge in [0, 0.05) is 29.6 Å². The summed E-state index contributed by atoms with van der Waals surface area (Å²) >= 11 is 5.98. The molecule has 0 aliphatic carbocycles. The van der Waals surface area contributed by atoms with Crippen LogP contribution >= 0.6 is 11.6 Å². The summed E-state index contributed by atoms with van der Waals surface area (Å²) < 4.78 is 6.91. The fourth-order valence-electron chi connectivity index (χ4n) is 3.09. The molecule has 0 saturated carbocycles. The number of ether oxygens (including phenoxy) is 1. The Bertz CT molecular complexity index is 845. The highest BCUT2D eigenvalue weighted by molar-refractivity contribution is 6.30. The van der Waals surface area contributed by atoms with Crippen LogP contribution in [-0.2, 0) is 17.7 Å². The SMILES string of the molecule is CCOC(=O)c1nn(-c2ccc(Cl)cc2)c2c1CN(C(=O)NC(C)C)CC2. The zero-order chi connectivity index (χ0) is 19.6. The third kappa shape index (κ3) is 4.08. The van der Waals surface area contributed by atoms with Crippen molar-refractivity contribution in [1.29, 1.82) is 0 Å². The molecular weight excluding hydrogens is 368 g/mol. The molecule has 2 aromatic rings. The van der Waals surface area contributed by atoms with Crippen molar-refractivity contribution < 1.29 is 14.3 Å². The molecule has 0 fully saturated rings. The number of halogens is 1. The number of carbonyl (C=O) groups excluding carboxylic acids is 2.